The largest absolute Gasteiger partial charge is 0.326 e. The molecule has 0 saturated carbocycles. The van der Waals surface area contributed by atoms with Gasteiger partial charge >= 0.3 is 11.1 Å². The molecule has 3 aromatic rings. The molecule has 1 N–H and O–H groups in total. The summed E-state index contributed by atoms with van der Waals surface area (Å²) in [6.45, 7) is 1.83. The lowest BCUT2D eigenvalue weighted by atomic mass is 10.2. The molecule has 0 aliphatic rings. The normalized spacial score (nSPS) is 11.6. The van der Waals surface area contributed by atoms with Crippen molar-refractivity contribution in [3.8, 4) is 0 Å². The fraction of sp³-hybridized carbons (Fsp3) is 0.250. The highest BCUT2D eigenvalue weighted by molar-refractivity contribution is 7.91. The van der Waals surface area contributed by atoms with E-state index >= 15 is 0 Å². The number of carbonyl (C=O) groups is 1. The Labute approximate surface area is 177 Å². The Kier molecular flexibility index (Phi) is 5.87. The maximum absolute atomic E-state index is 12.7. The number of anilines is 1. The summed E-state index contributed by atoms with van der Waals surface area (Å²) < 4.78 is 27.7. The van der Waals surface area contributed by atoms with E-state index in [1.807, 2.05) is 6.92 Å². The SMILES string of the molecule is Cc1ccc(NC(=O)CCS(=O)(=O)c2ccc3c(c2)n(C)c(=O)c(=O)n3C)cc1Cl. The molecule has 0 saturated heterocycles. The van der Waals surface area contributed by atoms with Gasteiger partial charge in [0.2, 0.25) is 5.91 Å². The lowest BCUT2D eigenvalue weighted by Crippen LogP contribution is -2.39. The third kappa shape index (κ3) is 4.17. The van der Waals surface area contributed by atoms with Crippen molar-refractivity contribution in [2.45, 2.75) is 18.2 Å². The average molecular weight is 450 g/mol. The summed E-state index contributed by atoms with van der Waals surface area (Å²) in [5.74, 6) is -0.877. The van der Waals surface area contributed by atoms with Gasteiger partial charge in [0.15, 0.2) is 9.84 Å². The summed E-state index contributed by atoms with van der Waals surface area (Å²) in [6.07, 6.45) is -0.252. The van der Waals surface area contributed by atoms with Crippen molar-refractivity contribution in [3.05, 3.63) is 67.7 Å². The number of halogens is 1. The zero-order valence-corrected chi connectivity index (χ0v) is 18.2. The monoisotopic (exact) mass is 449 g/mol. The minimum Gasteiger partial charge on any atom is -0.326 e. The molecule has 0 aliphatic carbocycles. The Morgan fingerprint density at radius 2 is 1.63 bits per heavy atom. The van der Waals surface area contributed by atoms with Crippen LogP contribution in [0.2, 0.25) is 5.02 Å². The van der Waals surface area contributed by atoms with E-state index in [4.69, 9.17) is 11.6 Å². The number of aryl methyl sites for hydroxylation is 3. The van der Waals surface area contributed by atoms with Crippen LogP contribution in [0.15, 0.2) is 50.9 Å². The zero-order valence-electron chi connectivity index (χ0n) is 16.6. The number of hydrogen-bond donors (Lipinski definition) is 1. The number of nitrogens with zero attached hydrogens (tertiary/aromatic N) is 2. The fourth-order valence-electron chi connectivity index (χ4n) is 2.99. The highest BCUT2D eigenvalue weighted by Crippen LogP contribution is 2.21. The van der Waals surface area contributed by atoms with Crippen molar-refractivity contribution in [3.63, 3.8) is 0 Å². The molecule has 1 aromatic heterocycles. The molecule has 0 atom stereocenters. The maximum Gasteiger partial charge on any atom is 0.316 e. The second kappa shape index (κ2) is 8.08. The molecule has 0 unspecified atom stereocenters. The molecule has 2 aromatic carbocycles. The topological polar surface area (TPSA) is 107 Å². The van der Waals surface area contributed by atoms with Gasteiger partial charge in [0.1, 0.15) is 0 Å². The molecule has 0 aliphatic heterocycles. The van der Waals surface area contributed by atoms with Gasteiger partial charge in [-0.2, -0.15) is 0 Å². The molecule has 0 fully saturated rings. The summed E-state index contributed by atoms with van der Waals surface area (Å²) in [6, 6.07) is 9.19. The van der Waals surface area contributed by atoms with Crippen LogP contribution in [-0.4, -0.2) is 29.2 Å². The van der Waals surface area contributed by atoms with Crippen LogP contribution in [0.25, 0.3) is 11.0 Å². The third-order valence-electron chi connectivity index (χ3n) is 4.87. The van der Waals surface area contributed by atoms with Gasteiger partial charge < -0.3 is 14.5 Å². The molecule has 158 valence electrons. The van der Waals surface area contributed by atoms with E-state index in [1.54, 1.807) is 18.2 Å². The van der Waals surface area contributed by atoms with Gasteiger partial charge in [-0.15, -0.1) is 0 Å². The number of hydrogen-bond acceptors (Lipinski definition) is 5. The van der Waals surface area contributed by atoms with Gasteiger partial charge in [-0.05, 0) is 42.8 Å². The van der Waals surface area contributed by atoms with E-state index < -0.39 is 32.6 Å². The van der Waals surface area contributed by atoms with E-state index in [9.17, 15) is 22.8 Å². The molecule has 0 radical (unpaired) electrons. The number of aromatic nitrogens is 2. The highest BCUT2D eigenvalue weighted by atomic mass is 35.5. The summed E-state index contributed by atoms with van der Waals surface area (Å²) in [5, 5.41) is 3.12. The van der Waals surface area contributed by atoms with Gasteiger partial charge in [-0.3, -0.25) is 14.4 Å². The van der Waals surface area contributed by atoms with Gasteiger partial charge in [0, 0.05) is 31.2 Å². The van der Waals surface area contributed by atoms with Crippen LogP contribution in [-0.2, 0) is 28.7 Å². The predicted molar refractivity (Wildman–Crippen MR) is 116 cm³/mol. The van der Waals surface area contributed by atoms with Gasteiger partial charge in [0.05, 0.1) is 21.7 Å². The van der Waals surface area contributed by atoms with Crippen LogP contribution in [0.5, 0.6) is 0 Å². The quantitative estimate of drug-likeness (QED) is 0.599. The molecule has 1 heterocycles. The number of fused-ring (bicyclic) bond motifs is 1. The molecule has 0 bridgehead atoms. The molecule has 8 nitrogen and oxygen atoms in total. The molecular formula is C20H20ClN3O5S. The van der Waals surface area contributed by atoms with E-state index in [0.29, 0.717) is 21.7 Å². The predicted octanol–water partition coefficient (Wildman–Crippen LogP) is 2.00. The Hall–Kier alpha value is -2.91. The Balaban J connectivity index is 1.82. The van der Waals surface area contributed by atoms with Crippen molar-refractivity contribution < 1.29 is 13.2 Å². The van der Waals surface area contributed by atoms with Crippen LogP contribution < -0.4 is 16.4 Å². The van der Waals surface area contributed by atoms with Crippen molar-refractivity contribution in [1.82, 2.24) is 9.13 Å². The summed E-state index contributed by atoms with van der Waals surface area (Å²) >= 11 is 6.03. The minimum atomic E-state index is -3.80. The van der Waals surface area contributed by atoms with Crippen molar-refractivity contribution in [2.75, 3.05) is 11.1 Å². The summed E-state index contributed by atoms with van der Waals surface area (Å²) in [5.41, 5.74) is 0.621. The number of carbonyl (C=O) groups excluding carboxylic acids is 1. The lowest BCUT2D eigenvalue weighted by Gasteiger charge is -2.11. The Bertz CT molecular complexity index is 1390. The van der Waals surface area contributed by atoms with Gasteiger partial charge in [-0.1, -0.05) is 17.7 Å². The smallest absolute Gasteiger partial charge is 0.316 e. The van der Waals surface area contributed by atoms with Crippen molar-refractivity contribution in [1.29, 1.82) is 0 Å². The second-order valence-electron chi connectivity index (χ2n) is 6.96. The number of benzene rings is 2. The first-order valence-electron chi connectivity index (χ1n) is 9.00. The zero-order chi connectivity index (χ0) is 22.2. The summed E-state index contributed by atoms with van der Waals surface area (Å²) in [4.78, 5) is 36.1. The van der Waals surface area contributed by atoms with Crippen molar-refractivity contribution in [2.24, 2.45) is 14.1 Å². The molecule has 1 amide bonds. The first-order valence-corrected chi connectivity index (χ1v) is 11.0. The molecule has 0 spiro atoms. The van der Waals surface area contributed by atoms with Crippen LogP contribution in [0.3, 0.4) is 0 Å². The Morgan fingerprint density at radius 3 is 2.27 bits per heavy atom. The van der Waals surface area contributed by atoms with Gasteiger partial charge in [0.25, 0.3) is 0 Å². The third-order valence-corrected chi connectivity index (χ3v) is 7.00. The molecule has 3 rings (SSSR count). The second-order valence-corrected chi connectivity index (χ2v) is 9.48. The fourth-order valence-corrected chi connectivity index (χ4v) is 4.43. The van der Waals surface area contributed by atoms with E-state index in [-0.39, 0.29) is 11.3 Å². The highest BCUT2D eigenvalue weighted by Gasteiger charge is 2.19. The molecule has 30 heavy (non-hydrogen) atoms. The Morgan fingerprint density at radius 1 is 1.00 bits per heavy atom. The van der Waals surface area contributed by atoms with Gasteiger partial charge in [-0.25, -0.2) is 8.42 Å². The van der Waals surface area contributed by atoms with Crippen LogP contribution >= 0.6 is 11.6 Å². The first kappa shape index (κ1) is 21.8. The van der Waals surface area contributed by atoms with Crippen LogP contribution in [0.1, 0.15) is 12.0 Å². The van der Waals surface area contributed by atoms with Crippen LogP contribution in [0, 0.1) is 6.92 Å². The minimum absolute atomic E-state index is 0.0326. The van der Waals surface area contributed by atoms with E-state index in [0.717, 1.165) is 10.1 Å². The number of sulfone groups is 1. The van der Waals surface area contributed by atoms with E-state index in [1.165, 1.54) is 36.9 Å². The van der Waals surface area contributed by atoms with Crippen LogP contribution in [0.4, 0.5) is 5.69 Å². The molecule has 10 heteroatoms. The summed E-state index contributed by atoms with van der Waals surface area (Å²) in [7, 11) is -0.944. The first-order chi connectivity index (χ1) is 14.0. The standard InChI is InChI=1S/C20H20ClN3O5S/c1-12-4-5-13(10-15(12)21)22-18(25)8-9-30(28,29)14-6-7-16-17(11-14)24(3)20(27)19(26)23(16)2/h4-7,10-11H,8-9H2,1-3H3,(H,22,25). The van der Waals surface area contributed by atoms with Crippen molar-refractivity contribution >= 4 is 44.1 Å². The maximum atomic E-state index is 12.7. The number of nitrogens with one attached hydrogen (secondary N) is 1. The number of amides is 1. The lowest BCUT2D eigenvalue weighted by molar-refractivity contribution is -0.115. The molecular weight excluding hydrogens is 430 g/mol. The number of rotatable bonds is 5. The average Bonchev–Trinajstić information content (AvgIpc) is 2.71. The van der Waals surface area contributed by atoms with E-state index in [2.05, 4.69) is 5.32 Å².